The first kappa shape index (κ1) is 15.3. The Balaban J connectivity index is 2.51. The van der Waals surface area contributed by atoms with E-state index in [2.05, 4.69) is 15.7 Å². The lowest BCUT2D eigenvalue weighted by molar-refractivity contribution is -0.142. The molecule has 0 aliphatic heterocycles. The topological polar surface area (TPSA) is 79.2 Å². The molecule has 0 aliphatic rings. The number of alkyl halides is 3. The number of halogens is 3. The summed E-state index contributed by atoms with van der Waals surface area (Å²) in [6.07, 6.45) is -1.63. The summed E-state index contributed by atoms with van der Waals surface area (Å²) in [5, 5.41) is 17.2. The average molecular weight is 280 g/mol. The molecule has 1 atom stereocenters. The van der Waals surface area contributed by atoms with Gasteiger partial charge >= 0.3 is 12.2 Å². The zero-order chi connectivity index (χ0) is 14.5. The summed E-state index contributed by atoms with van der Waals surface area (Å²) in [6.45, 7) is 0.351. The molecule has 0 unspecified atom stereocenters. The fraction of sp³-hybridized carbons (Fsp3) is 0.600. The molecule has 9 heteroatoms. The van der Waals surface area contributed by atoms with Crippen LogP contribution < -0.4 is 10.6 Å². The van der Waals surface area contributed by atoms with Gasteiger partial charge in [-0.1, -0.05) is 6.92 Å². The quantitative estimate of drug-likeness (QED) is 0.761. The van der Waals surface area contributed by atoms with Crippen molar-refractivity contribution in [2.24, 2.45) is 0 Å². The largest absolute Gasteiger partial charge is 0.408 e. The molecule has 1 rings (SSSR count). The van der Waals surface area contributed by atoms with Gasteiger partial charge in [0.2, 0.25) is 0 Å². The highest BCUT2D eigenvalue weighted by Crippen LogP contribution is 2.17. The minimum Gasteiger partial charge on any atom is -0.394 e. The normalized spacial score (nSPS) is 13.1. The maximum atomic E-state index is 12.1. The van der Waals surface area contributed by atoms with Crippen molar-refractivity contribution in [3.8, 4) is 0 Å². The summed E-state index contributed by atoms with van der Waals surface area (Å²) in [5.74, 6) is 0. The van der Waals surface area contributed by atoms with Crippen LogP contribution in [0.4, 0.5) is 23.7 Å². The van der Waals surface area contributed by atoms with Gasteiger partial charge in [-0.2, -0.15) is 18.3 Å². The monoisotopic (exact) mass is 280 g/mol. The third-order valence-corrected chi connectivity index (χ3v) is 2.28. The Kier molecular flexibility index (Phi) is 5.16. The molecule has 0 radical (unpaired) electrons. The molecule has 0 saturated heterocycles. The minimum atomic E-state index is -4.37. The molecule has 1 aromatic rings. The van der Waals surface area contributed by atoms with Crippen LogP contribution in [0.25, 0.3) is 0 Å². The molecule has 0 aliphatic carbocycles. The number of urea groups is 1. The fourth-order valence-electron chi connectivity index (χ4n) is 1.33. The van der Waals surface area contributed by atoms with E-state index in [1.165, 1.54) is 0 Å². The molecular formula is C10H15F3N4O2. The molecule has 0 fully saturated rings. The van der Waals surface area contributed by atoms with Gasteiger partial charge in [0, 0.05) is 6.20 Å². The number of aromatic nitrogens is 2. The first-order chi connectivity index (χ1) is 8.84. The second-order valence-corrected chi connectivity index (χ2v) is 3.93. The van der Waals surface area contributed by atoms with Crippen LogP contribution in [-0.2, 0) is 6.54 Å². The molecule has 2 amide bonds. The molecule has 1 heterocycles. The second kappa shape index (κ2) is 6.41. The number of anilines is 1. The fourth-order valence-corrected chi connectivity index (χ4v) is 1.33. The van der Waals surface area contributed by atoms with Crippen LogP contribution in [0.1, 0.15) is 13.3 Å². The van der Waals surface area contributed by atoms with Crippen molar-refractivity contribution < 1.29 is 23.1 Å². The molecular weight excluding hydrogens is 265 g/mol. The number of hydrogen-bond donors (Lipinski definition) is 3. The highest BCUT2D eigenvalue weighted by molar-refractivity contribution is 5.89. The summed E-state index contributed by atoms with van der Waals surface area (Å²) in [4.78, 5) is 11.4. The standard InChI is InChI=1S/C10H15F3N4O2/c1-2-7(5-18)15-9(19)16-8-3-14-17(4-8)6-10(11,12)13/h3-4,7,18H,2,5-6H2,1H3,(H2,15,16,19)/t7-/m1/s1. The minimum absolute atomic E-state index is 0.148. The van der Waals surface area contributed by atoms with Crippen molar-refractivity contribution in [2.45, 2.75) is 32.1 Å². The van der Waals surface area contributed by atoms with Gasteiger partial charge in [0.15, 0.2) is 0 Å². The Morgan fingerprint density at radius 2 is 2.26 bits per heavy atom. The van der Waals surface area contributed by atoms with Gasteiger partial charge in [-0.3, -0.25) is 4.68 Å². The van der Waals surface area contributed by atoms with Gasteiger partial charge in [0.05, 0.1) is 24.5 Å². The number of rotatable bonds is 5. The number of carbonyl (C=O) groups excluding carboxylic acids is 1. The summed E-state index contributed by atoms with van der Waals surface area (Å²) >= 11 is 0. The number of carbonyl (C=O) groups is 1. The lowest BCUT2D eigenvalue weighted by Gasteiger charge is -2.13. The molecule has 0 saturated carbocycles. The molecule has 0 aromatic carbocycles. The van der Waals surface area contributed by atoms with Crippen LogP contribution in [0.3, 0.4) is 0 Å². The second-order valence-electron chi connectivity index (χ2n) is 3.93. The van der Waals surface area contributed by atoms with E-state index in [0.717, 1.165) is 12.4 Å². The van der Waals surface area contributed by atoms with Gasteiger partial charge < -0.3 is 15.7 Å². The molecule has 0 bridgehead atoms. The molecule has 108 valence electrons. The summed E-state index contributed by atoms with van der Waals surface area (Å²) < 4.78 is 36.9. The van der Waals surface area contributed by atoms with E-state index in [-0.39, 0.29) is 12.3 Å². The predicted octanol–water partition coefficient (Wildman–Crippen LogP) is 1.34. The third kappa shape index (κ3) is 5.60. The Morgan fingerprint density at radius 3 is 2.79 bits per heavy atom. The van der Waals surface area contributed by atoms with Crippen molar-refractivity contribution >= 4 is 11.7 Å². The van der Waals surface area contributed by atoms with Crippen LogP contribution in [0.2, 0.25) is 0 Å². The van der Waals surface area contributed by atoms with Gasteiger partial charge in [0.25, 0.3) is 0 Å². The Morgan fingerprint density at radius 1 is 1.58 bits per heavy atom. The van der Waals surface area contributed by atoms with Crippen LogP contribution >= 0.6 is 0 Å². The number of hydrogen-bond acceptors (Lipinski definition) is 3. The highest BCUT2D eigenvalue weighted by atomic mass is 19.4. The highest BCUT2D eigenvalue weighted by Gasteiger charge is 2.28. The number of aliphatic hydroxyl groups excluding tert-OH is 1. The summed E-state index contributed by atoms with van der Waals surface area (Å²) in [5.41, 5.74) is 0.148. The van der Waals surface area contributed by atoms with Crippen molar-refractivity contribution in [3.63, 3.8) is 0 Å². The van der Waals surface area contributed by atoms with E-state index in [4.69, 9.17) is 5.11 Å². The van der Waals surface area contributed by atoms with Crippen molar-refractivity contribution in [1.29, 1.82) is 0 Å². The van der Waals surface area contributed by atoms with Gasteiger partial charge in [-0.05, 0) is 6.42 Å². The van der Waals surface area contributed by atoms with Gasteiger partial charge in [-0.25, -0.2) is 4.79 Å². The van der Waals surface area contributed by atoms with Crippen LogP contribution in [0, 0.1) is 0 Å². The Bertz CT molecular complexity index is 415. The molecule has 6 nitrogen and oxygen atoms in total. The smallest absolute Gasteiger partial charge is 0.394 e. The van der Waals surface area contributed by atoms with E-state index in [1.54, 1.807) is 6.92 Å². The maximum absolute atomic E-state index is 12.1. The van der Waals surface area contributed by atoms with Crippen molar-refractivity contribution in [2.75, 3.05) is 11.9 Å². The SMILES string of the molecule is CC[C@H](CO)NC(=O)Nc1cnn(CC(F)(F)F)c1. The third-order valence-electron chi connectivity index (χ3n) is 2.28. The predicted molar refractivity (Wildman–Crippen MR) is 61.6 cm³/mol. The zero-order valence-electron chi connectivity index (χ0n) is 10.2. The first-order valence-electron chi connectivity index (χ1n) is 5.61. The number of amides is 2. The number of aliphatic hydroxyl groups is 1. The molecule has 0 spiro atoms. The lowest BCUT2D eigenvalue weighted by atomic mass is 10.2. The van der Waals surface area contributed by atoms with Gasteiger partial charge in [0.1, 0.15) is 6.54 Å². The van der Waals surface area contributed by atoms with Gasteiger partial charge in [-0.15, -0.1) is 0 Å². The van der Waals surface area contributed by atoms with E-state index in [9.17, 15) is 18.0 Å². The van der Waals surface area contributed by atoms with Crippen LogP contribution in [-0.4, -0.2) is 39.7 Å². The van der Waals surface area contributed by atoms with E-state index in [0.29, 0.717) is 11.1 Å². The molecule has 3 N–H and O–H groups in total. The summed E-state index contributed by atoms with van der Waals surface area (Å²) in [7, 11) is 0. The summed E-state index contributed by atoms with van der Waals surface area (Å²) in [6, 6.07) is -1.00. The number of nitrogens with one attached hydrogen (secondary N) is 2. The Labute approximate surface area is 107 Å². The van der Waals surface area contributed by atoms with Crippen molar-refractivity contribution in [3.05, 3.63) is 12.4 Å². The van der Waals surface area contributed by atoms with Crippen molar-refractivity contribution in [1.82, 2.24) is 15.1 Å². The van der Waals surface area contributed by atoms with E-state index >= 15 is 0 Å². The maximum Gasteiger partial charge on any atom is 0.408 e. The molecule has 1 aromatic heterocycles. The van der Waals surface area contributed by atoms with E-state index < -0.39 is 24.8 Å². The average Bonchev–Trinajstić information content (AvgIpc) is 2.70. The van der Waals surface area contributed by atoms with Crippen LogP contribution in [0.5, 0.6) is 0 Å². The molecule has 19 heavy (non-hydrogen) atoms. The number of nitrogens with zero attached hydrogens (tertiary/aromatic N) is 2. The lowest BCUT2D eigenvalue weighted by Crippen LogP contribution is -2.39. The van der Waals surface area contributed by atoms with Crippen LogP contribution in [0.15, 0.2) is 12.4 Å². The van der Waals surface area contributed by atoms with E-state index in [1.807, 2.05) is 0 Å². The first-order valence-corrected chi connectivity index (χ1v) is 5.61. The zero-order valence-corrected chi connectivity index (χ0v) is 10.2. The Hall–Kier alpha value is -1.77.